The smallest absolute Gasteiger partial charge is 0.393 e. The number of aliphatic hydroxyl groups excluding tert-OH is 1. The standard InChI is InChI=1S/C18H26F3N3O.HI/c1-2-22-17(24-12-14-4-3-5-16(14)25)23-11-10-13-6-8-15(9-7-13)18(19,20)21;/h6-9,14,16,25H,2-5,10-12H2,1H3,(H2,22,23,24);1H. The number of aliphatic hydroxyl groups is 1. The Balaban J connectivity index is 0.00000338. The number of guanidine groups is 1. The fourth-order valence-corrected chi connectivity index (χ4v) is 2.97. The van der Waals surface area contributed by atoms with E-state index < -0.39 is 11.7 Å². The maximum atomic E-state index is 12.5. The largest absolute Gasteiger partial charge is 0.416 e. The second-order valence-electron chi connectivity index (χ2n) is 6.35. The van der Waals surface area contributed by atoms with Gasteiger partial charge in [-0.2, -0.15) is 13.2 Å². The summed E-state index contributed by atoms with van der Waals surface area (Å²) in [4.78, 5) is 4.51. The Hall–Kier alpha value is -1.03. The van der Waals surface area contributed by atoms with Gasteiger partial charge in [-0.15, -0.1) is 24.0 Å². The van der Waals surface area contributed by atoms with Crippen molar-refractivity contribution in [2.75, 3.05) is 19.6 Å². The highest BCUT2D eigenvalue weighted by Gasteiger charge is 2.29. The normalized spacial score (nSPS) is 20.6. The maximum Gasteiger partial charge on any atom is 0.416 e. The summed E-state index contributed by atoms with van der Waals surface area (Å²) in [5.41, 5.74) is 0.205. The molecule has 1 aliphatic carbocycles. The van der Waals surface area contributed by atoms with Crippen LogP contribution in [0, 0.1) is 5.92 Å². The Morgan fingerprint density at radius 2 is 1.88 bits per heavy atom. The van der Waals surface area contributed by atoms with Gasteiger partial charge in [0.2, 0.25) is 0 Å². The number of alkyl halides is 3. The van der Waals surface area contributed by atoms with Crippen molar-refractivity contribution in [1.82, 2.24) is 10.6 Å². The van der Waals surface area contributed by atoms with Gasteiger partial charge in [0.25, 0.3) is 0 Å². The van der Waals surface area contributed by atoms with Gasteiger partial charge in [0.1, 0.15) is 0 Å². The Labute approximate surface area is 169 Å². The molecule has 1 aromatic carbocycles. The Morgan fingerprint density at radius 1 is 1.19 bits per heavy atom. The topological polar surface area (TPSA) is 56.7 Å². The first-order valence-corrected chi connectivity index (χ1v) is 8.76. The summed E-state index contributed by atoms with van der Waals surface area (Å²) in [5.74, 6) is 0.888. The molecule has 0 spiro atoms. The van der Waals surface area contributed by atoms with Crippen LogP contribution >= 0.6 is 24.0 Å². The van der Waals surface area contributed by atoms with Crippen molar-refractivity contribution < 1.29 is 18.3 Å². The molecule has 0 saturated heterocycles. The number of benzene rings is 1. The van der Waals surface area contributed by atoms with Gasteiger partial charge in [0.05, 0.1) is 11.7 Å². The van der Waals surface area contributed by atoms with Crippen LogP contribution in [0.3, 0.4) is 0 Å². The third-order valence-electron chi connectivity index (χ3n) is 4.43. The number of hydrogen-bond acceptors (Lipinski definition) is 2. The average Bonchev–Trinajstić information content (AvgIpc) is 2.97. The third kappa shape index (κ3) is 7.30. The molecule has 0 heterocycles. The van der Waals surface area contributed by atoms with E-state index in [-0.39, 0.29) is 36.0 Å². The van der Waals surface area contributed by atoms with Crippen LogP contribution in [-0.4, -0.2) is 36.8 Å². The highest BCUT2D eigenvalue weighted by Crippen LogP contribution is 2.29. The minimum absolute atomic E-state index is 0. The van der Waals surface area contributed by atoms with Crippen molar-refractivity contribution in [3.05, 3.63) is 35.4 Å². The van der Waals surface area contributed by atoms with Crippen molar-refractivity contribution >= 4 is 29.9 Å². The van der Waals surface area contributed by atoms with Gasteiger partial charge in [0, 0.05) is 25.6 Å². The van der Waals surface area contributed by atoms with Gasteiger partial charge in [-0.3, -0.25) is 4.99 Å². The van der Waals surface area contributed by atoms with Crippen LogP contribution in [0.2, 0.25) is 0 Å². The monoisotopic (exact) mass is 485 g/mol. The van der Waals surface area contributed by atoms with Crippen molar-refractivity contribution in [3.63, 3.8) is 0 Å². The zero-order chi connectivity index (χ0) is 18.3. The summed E-state index contributed by atoms with van der Waals surface area (Å²) >= 11 is 0. The number of nitrogens with zero attached hydrogens (tertiary/aromatic N) is 1. The minimum Gasteiger partial charge on any atom is -0.393 e. The molecule has 2 unspecified atom stereocenters. The lowest BCUT2D eigenvalue weighted by Crippen LogP contribution is -2.39. The number of nitrogens with one attached hydrogen (secondary N) is 2. The number of halogens is 4. The second-order valence-corrected chi connectivity index (χ2v) is 6.35. The van der Waals surface area contributed by atoms with Gasteiger partial charge >= 0.3 is 6.18 Å². The summed E-state index contributed by atoms with van der Waals surface area (Å²) < 4.78 is 37.6. The molecule has 1 fully saturated rings. The lowest BCUT2D eigenvalue weighted by atomic mass is 10.1. The second kappa shape index (κ2) is 11.0. The van der Waals surface area contributed by atoms with Crippen LogP contribution in [0.5, 0.6) is 0 Å². The van der Waals surface area contributed by atoms with E-state index in [1.54, 1.807) is 0 Å². The molecule has 0 bridgehead atoms. The molecule has 1 aliphatic rings. The lowest BCUT2D eigenvalue weighted by Gasteiger charge is -2.15. The Kier molecular flexibility index (Phi) is 9.70. The highest BCUT2D eigenvalue weighted by atomic mass is 127. The van der Waals surface area contributed by atoms with E-state index in [0.717, 1.165) is 43.5 Å². The van der Waals surface area contributed by atoms with Crippen molar-refractivity contribution in [3.8, 4) is 0 Å². The summed E-state index contributed by atoms with van der Waals surface area (Å²) in [6.45, 7) is 3.85. The number of aliphatic imine (C=N–C) groups is 1. The molecule has 4 nitrogen and oxygen atoms in total. The van der Waals surface area contributed by atoms with Crippen LogP contribution < -0.4 is 10.6 Å². The molecule has 0 radical (unpaired) electrons. The average molecular weight is 485 g/mol. The van der Waals surface area contributed by atoms with Gasteiger partial charge in [-0.1, -0.05) is 18.6 Å². The van der Waals surface area contributed by atoms with E-state index >= 15 is 0 Å². The molecule has 148 valence electrons. The van der Waals surface area contributed by atoms with Crippen LogP contribution in [0.25, 0.3) is 0 Å². The molecule has 2 atom stereocenters. The van der Waals surface area contributed by atoms with Crippen molar-refractivity contribution in [2.45, 2.75) is 44.9 Å². The lowest BCUT2D eigenvalue weighted by molar-refractivity contribution is -0.137. The van der Waals surface area contributed by atoms with Gasteiger partial charge in [-0.05, 0) is 43.9 Å². The SMILES string of the molecule is CCNC(=NCC1CCCC1O)NCCc1ccc(C(F)(F)F)cc1.I. The molecule has 0 amide bonds. The number of rotatable bonds is 6. The van der Waals surface area contributed by atoms with Crippen LogP contribution in [-0.2, 0) is 12.6 Å². The summed E-state index contributed by atoms with van der Waals surface area (Å²) in [5, 5.41) is 16.2. The van der Waals surface area contributed by atoms with E-state index in [1.807, 2.05) is 6.92 Å². The van der Waals surface area contributed by atoms with E-state index in [0.29, 0.717) is 25.5 Å². The summed E-state index contributed by atoms with van der Waals surface area (Å²) in [6.07, 6.45) is -1.08. The van der Waals surface area contributed by atoms with Crippen LogP contribution in [0.15, 0.2) is 29.3 Å². The highest BCUT2D eigenvalue weighted by molar-refractivity contribution is 14.0. The molecule has 1 aromatic rings. The zero-order valence-electron chi connectivity index (χ0n) is 14.9. The molecule has 3 N–H and O–H groups in total. The molecule has 0 aliphatic heterocycles. The molecule has 1 saturated carbocycles. The predicted molar refractivity (Wildman–Crippen MR) is 108 cm³/mol. The Morgan fingerprint density at radius 3 is 2.42 bits per heavy atom. The van der Waals surface area contributed by atoms with E-state index in [4.69, 9.17) is 0 Å². The first-order chi connectivity index (χ1) is 11.9. The summed E-state index contributed by atoms with van der Waals surface area (Å²) in [6, 6.07) is 5.22. The van der Waals surface area contributed by atoms with Crippen molar-refractivity contribution in [2.24, 2.45) is 10.9 Å². The third-order valence-corrected chi connectivity index (χ3v) is 4.43. The fraction of sp³-hybridized carbons (Fsp3) is 0.611. The maximum absolute atomic E-state index is 12.5. The van der Waals surface area contributed by atoms with Gasteiger partial charge in [-0.25, -0.2) is 0 Å². The summed E-state index contributed by atoms with van der Waals surface area (Å²) in [7, 11) is 0. The molecular formula is C18H27F3IN3O. The molecule has 0 aromatic heterocycles. The molecule has 26 heavy (non-hydrogen) atoms. The fourth-order valence-electron chi connectivity index (χ4n) is 2.97. The quantitative estimate of drug-likeness (QED) is 0.328. The first kappa shape index (κ1) is 23.0. The molecule has 2 rings (SSSR count). The first-order valence-electron chi connectivity index (χ1n) is 8.76. The van der Waals surface area contributed by atoms with E-state index in [2.05, 4.69) is 15.6 Å². The van der Waals surface area contributed by atoms with E-state index in [1.165, 1.54) is 12.1 Å². The van der Waals surface area contributed by atoms with Gasteiger partial charge in [0.15, 0.2) is 5.96 Å². The van der Waals surface area contributed by atoms with Crippen LogP contribution in [0.1, 0.15) is 37.3 Å². The Bertz CT molecular complexity index is 564. The molecule has 8 heteroatoms. The zero-order valence-corrected chi connectivity index (χ0v) is 17.2. The van der Waals surface area contributed by atoms with Gasteiger partial charge < -0.3 is 15.7 Å². The van der Waals surface area contributed by atoms with Crippen LogP contribution in [0.4, 0.5) is 13.2 Å². The number of hydrogen-bond donors (Lipinski definition) is 3. The predicted octanol–water partition coefficient (Wildman–Crippen LogP) is 3.58. The molecular weight excluding hydrogens is 458 g/mol. The van der Waals surface area contributed by atoms with Crippen molar-refractivity contribution in [1.29, 1.82) is 0 Å². The van der Waals surface area contributed by atoms with E-state index in [9.17, 15) is 18.3 Å². The minimum atomic E-state index is -4.30.